The molecule has 1 atom stereocenters. The Morgan fingerprint density at radius 2 is 1.65 bits per heavy atom. The van der Waals surface area contributed by atoms with E-state index in [4.69, 9.17) is 4.74 Å². The van der Waals surface area contributed by atoms with Crippen molar-refractivity contribution in [2.24, 2.45) is 0 Å². The molecule has 7 heteroatoms. The van der Waals surface area contributed by atoms with E-state index >= 15 is 0 Å². The van der Waals surface area contributed by atoms with Gasteiger partial charge in [-0.05, 0) is 44.0 Å². The van der Waals surface area contributed by atoms with Gasteiger partial charge in [0.1, 0.15) is 5.75 Å². The first-order valence-electron chi connectivity index (χ1n) is 9.28. The number of nitrogens with zero attached hydrogens (tertiary/aromatic N) is 1. The van der Waals surface area contributed by atoms with Gasteiger partial charge in [-0.15, -0.1) is 0 Å². The largest absolute Gasteiger partial charge is 0.481 e. The van der Waals surface area contributed by atoms with Crippen molar-refractivity contribution >= 4 is 21.6 Å². The molecule has 26 heavy (non-hydrogen) atoms. The van der Waals surface area contributed by atoms with Crippen molar-refractivity contribution in [3.05, 3.63) is 24.3 Å². The number of carbonyl (C=O) groups excluding carboxylic acids is 1. The van der Waals surface area contributed by atoms with Crippen LogP contribution in [-0.2, 0) is 14.8 Å². The SMILES string of the molecule is C[C@@H](Oc1ccc(N(C)S(C)(=O)=O)cc1)C(=O)NC1CCCCCCC1. The van der Waals surface area contributed by atoms with Crippen LogP contribution >= 0.6 is 0 Å². The predicted molar refractivity (Wildman–Crippen MR) is 104 cm³/mol. The third kappa shape index (κ3) is 6.20. The molecule has 1 amide bonds. The summed E-state index contributed by atoms with van der Waals surface area (Å²) >= 11 is 0. The Bertz CT molecular complexity index is 680. The van der Waals surface area contributed by atoms with Gasteiger partial charge >= 0.3 is 0 Å². The molecule has 6 nitrogen and oxygen atoms in total. The number of benzene rings is 1. The highest BCUT2D eigenvalue weighted by molar-refractivity contribution is 7.92. The standard InChI is InChI=1S/C19H30N2O4S/c1-15(19(22)20-16-9-7-5-4-6-8-10-16)25-18-13-11-17(12-14-18)21(2)26(3,23)24/h11-16H,4-10H2,1-3H3,(H,20,22)/t15-/m1/s1. The maximum absolute atomic E-state index is 12.4. The molecule has 0 aliphatic heterocycles. The van der Waals surface area contributed by atoms with Crippen molar-refractivity contribution in [3.8, 4) is 5.75 Å². The summed E-state index contributed by atoms with van der Waals surface area (Å²) in [6, 6.07) is 6.92. The molecule has 0 spiro atoms. The van der Waals surface area contributed by atoms with E-state index in [0.717, 1.165) is 31.9 Å². The van der Waals surface area contributed by atoms with Crippen LogP contribution in [0.25, 0.3) is 0 Å². The number of carbonyl (C=O) groups is 1. The first-order valence-corrected chi connectivity index (χ1v) is 11.1. The molecule has 1 aliphatic rings. The molecule has 1 aliphatic carbocycles. The Morgan fingerprint density at radius 3 is 2.19 bits per heavy atom. The molecule has 0 radical (unpaired) electrons. The lowest BCUT2D eigenvalue weighted by Crippen LogP contribution is -2.42. The molecule has 1 aromatic carbocycles. The second kappa shape index (κ2) is 9.26. The van der Waals surface area contributed by atoms with E-state index in [1.54, 1.807) is 31.2 Å². The average Bonchev–Trinajstić information content (AvgIpc) is 2.56. The van der Waals surface area contributed by atoms with Crippen LogP contribution in [0, 0.1) is 0 Å². The molecule has 0 aromatic heterocycles. The Hall–Kier alpha value is -1.76. The number of amides is 1. The van der Waals surface area contributed by atoms with E-state index in [1.165, 1.54) is 30.6 Å². The fourth-order valence-corrected chi connectivity index (χ4v) is 3.61. The van der Waals surface area contributed by atoms with E-state index in [-0.39, 0.29) is 11.9 Å². The third-order valence-corrected chi connectivity index (χ3v) is 6.04. The van der Waals surface area contributed by atoms with Gasteiger partial charge in [-0.1, -0.05) is 32.1 Å². The lowest BCUT2D eigenvalue weighted by molar-refractivity contribution is -0.128. The zero-order valence-corrected chi connectivity index (χ0v) is 16.7. The smallest absolute Gasteiger partial charge is 0.260 e. The summed E-state index contributed by atoms with van der Waals surface area (Å²) in [5.74, 6) is 0.434. The Kier molecular flexibility index (Phi) is 7.32. The monoisotopic (exact) mass is 382 g/mol. The molecule has 0 unspecified atom stereocenters. The third-order valence-electron chi connectivity index (χ3n) is 4.83. The minimum atomic E-state index is -3.30. The number of rotatable bonds is 6. The Balaban J connectivity index is 1.89. The van der Waals surface area contributed by atoms with Gasteiger partial charge in [0, 0.05) is 13.1 Å². The van der Waals surface area contributed by atoms with Crippen molar-refractivity contribution in [2.75, 3.05) is 17.6 Å². The molecule has 0 heterocycles. The van der Waals surface area contributed by atoms with Crippen LogP contribution in [0.3, 0.4) is 0 Å². The van der Waals surface area contributed by atoms with Crippen molar-refractivity contribution in [1.29, 1.82) is 0 Å². The molecule has 0 saturated heterocycles. The molecule has 1 saturated carbocycles. The van der Waals surface area contributed by atoms with Crippen molar-refractivity contribution in [3.63, 3.8) is 0 Å². The number of ether oxygens (including phenoxy) is 1. The van der Waals surface area contributed by atoms with Crippen LogP contribution in [0.15, 0.2) is 24.3 Å². The molecule has 146 valence electrons. The summed E-state index contributed by atoms with van der Waals surface area (Å²) in [6.45, 7) is 1.73. The van der Waals surface area contributed by atoms with Crippen LogP contribution in [-0.4, -0.2) is 39.8 Å². The lowest BCUT2D eigenvalue weighted by atomic mass is 9.96. The fourth-order valence-electron chi connectivity index (χ4n) is 3.10. The minimum Gasteiger partial charge on any atom is -0.481 e. The zero-order chi connectivity index (χ0) is 19.2. The maximum Gasteiger partial charge on any atom is 0.260 e. The normalized spacial score (nSPS) is 17.7. The fraction of sp³-hybridized carbons (Fsp3) is 0.632. The quantitative estimate of drug-likeness (QED) is 0.820. The first kappa shape index (κ1) is 20.6. The molecule has 2 rings (SSSR count). The van der Waals surface area contributed by atoms with Crippen molar-refractivity contribution in [1.82, 2.24) is 5.32 Å². The highest BCUT2D eigenvalue weighted by Gasteiger charge is 2.20. The molecule has 1 fully saturated rings. The van der Waals surface area contributed by atoms with Crippen LogP contribution in [0.5, 0.6) is 5.75 Å². The van der Waals surface area contributed by atoms with Crippen LogP contribution in [0.4, 0.5) is 5.69 Å². The van der Waals surface area contributed by atoms with Gasteiger partial charge in [-0.2, -0.15) is 0 Å². The Labute approximate surface area is 157 Å². The van der Waals surface area contributed by atoms with Crippen LogP contribution in [0.2, 0.25) is 0 Å². The van der Waals surface area contributed by atoms with Gasteiger partial charge in [-0.3, -0.25) is 9.10 Å². The van der Waals surface area contributed by atoms with Gasteiger partial charge in [0.05, 0.1) is 11.9 Å². The predicted octanol–water partition coefficient (Wildman–Crippen LogP) is 3.08. The number of anilines is 1. The first-order chi connectivity index (χ1) is 12.3. The summed E-state index contributed by atoms with van der Waals surface area (Å²) in [6.07, 6.45) is 8.73. The molecule has 1 N–H and O–H groups in total. The van der Waals surface area contributed by atoms with Gasteiger partial charge in [0.25, 0.3) is 5.91 Å². The van der Waals surface area contributed by atoms with E-state index < -0.39 is 16.1 Å². The Morgan fingerprint density at radius 1 is 1.12 bits per heavy atom. The number of sulfonamides is 1. The van der Waals surface area contributed by atoms with Gasteiger partial charge in [-0.25, -0.2) is 8.42 Å². The number of nitrogens with one attached hydrogen (secondary N) is 1. The maximum atomic E-state index is 12.4. The van der Waals surface area contributed by atoms with Gasteiger partial charge < -0.3 is 10.1 Å². The van der Waals surface area contributed by atoms with Crippen LogP contribution < -0.4 is 14.4 Å². The number of hydrogen-bond donors (Lipinski definition) is 1. The van der Waals surface area contributed by atoms with Crippen LogP contribution in [0.1, 0.15) is 51.9 Å². The summed E-state index contributed by atoms with van der Waals surface area (Å²) in [4.78, 5) is 12.4. The lowest BCUT2D eigenvalue weighted by Gasteiger charge is -2.23. The highest BCUT2D eigenvalue weighted by Crippen LogP contribution is 2.21. The van der Waals surface area contributed by atoms with E-state index in [0.29, 0.717) is 11.4 Å². The average molecular weight is 383 g/mol. The van der Waals surface area contributed by atoms with E-state index in [9.17, 15) is 13.2 Å². The summed E-state index contributed by atoms with van der Waals surface area (Å²) in [5.41, 5.74) is 0.548. The van der Waals surface area contributed by atoms with Gasteiger partial charge in [0.15, 0.2) is 6.10 Å². The number of hydrogen-bond acceptors (Lipinski definition) is 4. The summed E-state index contributed by atoms with van der Waals surface area (Å²) < 4.78 is 30.0. The minimum absolute atomic E-state index is 0.104. The van der Waals surface area contributed by atoms with Crippen molar-refractivity contribution < 1.29 is 17.9 Å². The van der Waals surface area contributed by atoms with E-state index in [1.807, 2.05) is 0 Å². The molecular weight excluding hydrogens is 352 g/mol. The second-order valence-corrected chi connectivity index (χ2v) is 9.05. The van der Waals surface area contributed by atoms with Gasteiger partial charge in [0.2, 0.25) is 10.0 Å². The molecule has 0 bridgehead atoms. The second-order valence-electron chi connectivity index (χ2n) is 7.04. The van der Waals surface area contributed by atoms with E-state index in [2.05, 4.69) is 5.32 Å². The highest BCUT2D eigenvalue weighted by atomic mass is 32.2. The summed E-state index contributed by atoms with van der Waals surface area (Å²) in [7, 11) is -1.80. The zero-order valence-electron chi connectivity index (χ0n) is 15.9. The molecule has 1 aromatic rings. The topological polar surface area (TPSA) is 75.7 Å². The van der Waals surface area contributed by atoms with Crippen molar-refractivity contribution in [2.45, 2.75) is 64.0 Å². The summed E-state index contributed by atoms with van der Waals surface area (Å²) in [5, 5.41) is 3.10. The molecular formula is C19H30N2O4S.